The molecule has 2 heterocycles. The third kappa shape index (κ3) is 3.74. The van der Waals surface area contributed by atoms with Crippen LogP contribution in [-0.2, 0) is 9.59 Å². The molecule has 1 aromatic carbocycles. The molecule has 0 radical (unpaired) electrons. The fourth-order valence-electron chi connectivity index (χ4n) is 2.62. The highest BCUT2D eigenvalue weighted by Crippen LogP contribution is 2.35. The standard InChI is InChI=1S/C19H16BrN3O5/c1-3-28-16-8-11(14(20)9-15(16)27-2)7-13-17(24)22-19(26)23(18(13)25)12-5-4-6-21-10-12/h4-10H,3H2,1-2H3,(H,22,24,26)/b13-7+. The number of amides is 4. The maximum absolute atomic E-state index is 12.9. The van der Waals surface area contributed by atoms with Crippen LogP contribution in [0.15, 0.2) is 46.7 Å². The van der Waals surface area contributed by atoms with Crippen LogP contribution in [0.4, 0.5) is 10.5 Å². The summed E-state index contributed by atoms with van der Waals surface area (Å²) < 4.78 is 11.4. The predicted molar refractivity (Wildman–Crippen MR) is 105 cm³/mol. The van der Waals surface area contributed by atoms with Crippen molar-refractivity contribution < 1.29 is 23.9 Å². The predicted octanol–water partition coefficient (Wildman–Crippen LogP) is 2.92. The number of anilines is 1. The molecule has 144 valence electrons. The first-order valence-corrected chi connectivity index (χ1v) is 9.07. The number of benzene rings is 1. The smallest absolute Gasteiger partial charge is 0.336 e. The minimum Gasteiger partial charge on any atom is -0.493 e. The number of pyridine rings is 1. The van der Waals surface area contributed by atoms with E-state index in [-0.39, 0.29) is 11.3 Å². The van der Waals surface area contributed by atoms with Crippen molar-refractivity contribution in [2.75, 3.05) is 18.6 Å². The Labute approximate surface area is 169 Å². The first kappa shape index (κ1) is 19.6. The second-order valence-corrected chi connectivity index (χ2v) is 6.48. The van der Waals surface area contributed by atoms with Gasteiger partial charge in [0.1, 0.15) is 5.57 Å². The molecule has 1 aliphatic heterocycles. The van der Waals surface area contributed by atoms with Crippen molar-refractivity contribution in [3.05, 3.63) is 52.3 Å². The molecular weight excluding hydrogens is 430 g/mol. The van der Waals surface area contributed by atoms with Gasteiger partial charge in [-0.1, -0.05) is 15.9 Å². The fourth-order valence-corrected chi connectivity index (χ4v) is 3.06. The number of imide groups is 2. The van der Waals surface area contributed by atoms with Crippen LogP contribution in [0.5, 0.6) is 11.5 Å². The van der Waals surface area contributed by atoms with Gasteiger partial charge in [-0.05, 0) is 42.8 Å². The van der Waals surface area contributed by atoms with E-state index < -0.39 is 17.8 Å². The van der Waals surface area contributed by atoms with Crippen LogP contribution in [0.1, 0.15) is 12.5 Å². The molecule has 1 aliphatic rings. The molecule has 3 rings (SSSR count). The number of barbiturate groups is 1. The van der Waals surface area contributed by atoms with Crippen LogP contribution in [0.3, 0.4) is 0 Å². The van der Waals surface area contributed by atoms with Gasteiger partial charge in [-0.2, -0.15) is 0 Å². The second-order valence-electron chi connectivity index (χ2n) is 5.63. The van der Waals surface area contributed by atoms with E-state index in [0.717, 1.165) is 4.90 Å². The Kier molecular flexibility index (Phi) is 5.74. The lowest BCUT2D eigenvalue weighted by Crippen LogP contribution is -2.54. The number of hydrogen-bond acceptors (Lipinski definition) is 6. The van der Waals surface area contributed by atoms with Gasteiger partial charge in [0.15, 0.2) is 11.5 Å². The second kappa shape index (κ2) is 8.22. The van der Waals surface area contributed by atoms with Gasteiger partial charge >= 0.3 is 6.03 Å². The van der Waals surface area contributed by atoms with Crippen molar-refractivity contribution in [1.82, 2.24) is 10.3 Å². The number of nitrogens with one attached hydrogen (secondary N) is 1. The van der Waals surface area contributed by atoms with Crippen LogP contribution in [0.2, 0.25) is 0 Å². The zero-order valence-corrected chi connectivity index (χ0v) is 16.6. The summed E-state index contributed by atoms with van der Waals surface area (Å²) in [6.07, 6.45) is 4.27. The normalized spacial score (nSPS) is 15.6. The van der Waals surface area contributed by atoms with Gasteiger partial charge in [0.05, 0.1) is 25.6 Å². The van der Waals surface area contributed by atoms with E-state index in [4.69, 9.17) is 9.47 Å². The Morgan fingerprint density at radius 1 is 1.25 bits per heavy atom. The number of methoxy groups -OCH3 is 1. The molecule has 0 aliphatic carbocycles. The average Bonchev–Trinajstić information content (AvgIpc) is 2.68. The summed E-state index contributed by atoms with van der Waals surface area (Å²) in [6.45, 7) is 2.24. The van der Waals surface area contributed by atoms with Crippen molar-refractivity contribution in [3.8, 4) is 11.5 Å². The van der Waals surface area contributed by atoms with Crippen LogP contribution in [-0.4, -0.2) is 36.5 Å². The summed E-state index contributed by atoms with van der Waals surface area (Å²) >= 11 is 3.40. The average molecular weight is 446 g/mol. The molecule has 0 unspecified atom stereocenters. The molecule has 1 saturated heterocycles. The number of rotatable bonds is 5. The van der Waals surface area contributed by atoms with Gasteiger partial charge in [-0.3, -0.25) is 19.9 Å². The lowest BCUT2D eigenvalue weighted by Gasteiger charge is -2.26. The third-order valence-electron chi connectivity index (χ3n) is 3.89. The number of carbonyl (C=O) groups excluding carboxylic acids is 3. The first-order chi connectivity index (χ1) is 13.5. The molecule has 28 heavy (non-hydrogen) atoms. The summed E-state index contributed by atoms with van der Waals surface area (Å²) in [5, 5.41) is 2.17. The lowest BCUT2D eigenvalue weighted by molar-refractivity contribution is -0.122. The molecule has 4 amide bonds. The number of aromatic nitrogens is 1. The zero-order chi connectivity index (χ0) is 20.3. The minimum absolute atomic E-state index is 0.197. The van der Waals surface area contributed by atoms with Crippen molar-refractivity contribution >= 4 is 45.5 Å². The third-order valence-corrected chi connectivity index (χ3v) is 4.58. The summed E-state index contributed by atoms with van der Waals surface area (Å²) in [4.78, 5) is 42.1. The topological polar surface area (TPSA) is 97.8 Å². The van der Waals surface area contributed by atoms with Gasteiger partial charge in [-0.15, -0.1) is 0 Å². The van der Waals surface area contributed by atoms with Crippen molar-refractivity contribution in [2.24, 2.45) is 0 Å². The van der Waals surface area contributed by atoms with E-state index in [2.05, 4.69) is 26.2 Å². The molecule has 8 nitrogen and oxygen atoms in total. The summed E-state index contributed by atoms with van der Waals surface area (Å²) in [5.74, 6) is -0.565. The van der Waals surface area contributed by atoms with Crippen molar-refractivity contribution in [1.29, 1.82) is 0 Å². The number of hydrogen-bond donors (Lipinski definition) is 1. The lowest BCUT2D eigenvalue weighted by atomic mass is 10.1. The van der Waals surface area contributed by atoms with Crippen molar-refractivity contribution in [2.45, 2.75) is 6.92 Å². The zero-order valence-electron chi connectivity index (χ0n) is 15.1. The Morgan fingerprint density at radius 2 is 2.04 bits per heavy atom. The minimum atomic E-state index is -0.830. The molecule has 0 bridgehead atoms. The summed E-state index contributed by atoms with van der Waals surface area (Å²) in [5.41, 5.74) is 0.576. The van der Waals surface area contributed by atoms with E-state index >= 15 is 0 Å². The maximum atomic E-state index is 12.9. The Balaban J connectivity index is 2.05. The van der Waals surface area contributed by atoms with Crippen LogP contribution < -0.4 is 19.7 Å². The van der Waals surface area contributed by atoms with Crippen molar-refractivity contribution in [3.63, 3.8) is 0 Å². The van der Waals surface area contributed by atoms with Crippen LogP contribution in [0.25, 0.3) is 6.08 Å². The number of carbonyl (C=O) groups is 3. The van der Waals surface area contributed by atoms with Gasteiger partial charge in [-0.25, -0.2) is 9.69 Å². The number of urea groups is 1. The van der Waals surface area contributed by atoms with E-state index in [9.17, 15) is 14.4 Å². The number of halogens is 1. The maximum Gasteiger partial charge on any atom is 0.336 e. The molecule has 0 saturated carbocycles. The highest BCUT2D eigenvalue weighted by molar-refractivity contribution is 9.10. The SMILES string of the molecule is CCOc1cc(/C=C2\C(=O)NC(=O)N(c3cccnc3)C2=O)c(Br)cc1OC. The Morgan fingerprint density at radius 3 is 2.68 bits per heavy atom. The highest BCUT2D eigenvalue weighted by atomic mass is 79.9. The molecular formula is C19H16BrN3O5. The number of nitrogens with zero attached hydrogens (tertiary/aromatic N) is 2. The van der Waals surface area contributed by atoms with Gasteiger partial charge in [0.25, 0.3) is 11.8 Å². The van der Waals surface area contributed by atoms with Crippen LogP contribution in [0, 0.1) is 0 Å². The molecule has 9 heteroatoms. The molecule has 0 atom stereocenters. The fraction of sp³-hybridized carbons (Fsp3) is 0.158. The monoisotopic (exact) mass is 445 g/mol. The molecule has 1 fully saturated rings. The van der Waals surface area contributed by atoms with E-state index in [1.807, 2.05) is 6.92 Å². The highest BCUT2D eigenvalue weighted by Gasteiger charge is 2.37. The summed E-state index contributed by atoms with van der Waals surface area (Å²) in [7, 11) is 1.51. The quantitative estimate of drug-likeness (QED) is 0.561. The Hall–Kier alpha value is -3.20. The van der Waals surface area contributed by atoms with Gasteiger partial charge < -0.3 is 9.47 Å². The number of ether oxygens (including phenoxy) is 2. The molecule has 1 N–H and O–H groups in total. The van der Waals surface area contributed by atoms with Gasteiger partial charge in [0, 0.05) is 10.7 Å². The van der Waals surface area contributed by atoms with Crippen LogP contribution >= 0.6 is 15.9 Å². The molecule has 0 spiro atoms. The van der Waals surface area contributed by atoms with Gasteiger partial charge in [0.2, 0.25) is 0 Å². The van der Waals surface area contributed by atoms with E-state index in [1.54, 1.807) is 24.3 Å². The molecule has 1 aromatic heterocycles. The summed E-state index contributed by atoms with van der Waals surface area (Å²) in [6, 6.07) is 5.62. The van der Waals surface area contributed by atoms with E-state index in [0.29, 0.717) is 28.1 Å². The first-order valence-electron chi connectivity index (χ1n) is 8.28. The molecule has 2 aromatic rings. The van der Waals surface area contributed by atoms with E-state index in [1.165, 1.54) is 25.6 Å². The largest absolute Gasteiger partial charge is 0.493 e. The Bertz CT molecular complexity index is 975.